The SMILES string of the molecule is CC1Cc2ccccc2N(C(=O)CCC2CCNC2)C1. The van der Waals surface area contributed by atoms with Crippen molar-refractivity contribution in [2.24, 2.45) is 11.8 Å². The smallest absolute Gasteiger partial charge is 0.227 e. The quantitative estimate of drug-likeness (QED) is 0.917. The zero-order chi connectivity index (χ0) is 13.9. The van der Waals surface area contributed by atoms with E-state index in [9.17, 15) is 4.79 Å². The van der Waals surface area contributed by atoms with E-state index in [-0.39, 0.29) is 0 Å². The van der Waals surface area contributed by atoms with Crippen LogP contribution in [0.3, 0.4) is 0 Å². The Labute approximate surface area is 121 Å². The summed E-state index contributed by atoms with van der Waals surface area (Å²) in [6.07, 6.45) is 4.03. The van der Waals surface area contributed by atoms with Crippen molar-refractivity contribution in [1.82, 2.24) is 5.32 Å². The fourth-order valence-corrected chi connectivity index (χ4v) is 3.46. The molecule has 2 aliphatic rings. The second-order valence-corrected chi connectivity index (χ2v) is 6.34. The number of nitrogens with zero attached hydrogens (tertiary/aromatic N) is 1. The number of para-hydroxylation sites is 1. The summed E-state index contributed by atoms with van der Waals surface area (Å²) in [5.74, 6) is 1.55. The Morgan fingerprint density at radius 3 is 3.05 bits per heavy atom. The third kappa shape index (κ3) is 2.88. The first kappa shape index (κ1) is 13.6. The maximum Gasteiger partial charge on any atom is 0.227 e. The van der Waals surface area contributed by atoms with Crippen LogP contribution in [0.25, 0.3) is 0 Å². The predicted molar refractivity (Wildman–Crippen MR) is 81.9 cm³/mol. The summed E-state index contributed by atoms with van der Waals surface area (Å²) in [6.45, 7) is 5.30. The van der Waals surface area contributed by atoms with E-state index in [1.807, 2.05) is 11.0 Å². The minimum Gasteiger partial charge on any atom is -0.316 e. The second kappa shape index (κ2) is 5.96. The third-order valence-corrected chi connectivity index (χ3v) is 4.57. The first-order chi connectivity index (χ1) is 9.74. The largest absolute Gasteiger partial charge is 0.316 e. The van der Waals surface area contributed by atoms with Gasteiger partial charge in [0.2, 0.25) is 5.91 Å². The van der Waals surface area contributed by atoms with E-state index < -0.39 is 0 Å². The highest BCUT2D eigenvalue weighted by Gasteiger charge is 2.26. The van der Waals surface area contributed by atoms with E-state index >= 15 is 0 Å². The lowest BCUT2D eigenvalue weighted by molar-refractivity contribution is -0.119. The van der Waals surface area contributed by atoms with Gasteiger partial charge in [-0.05, 0) is 55.8 Å². The highest BCUT2D eigenvalue weighted by molar-refractivity contribution is 5.94. The Balaban J connectivity index is 1.67. The van der Waals surface area contributed by atoms with Crippen LogP contribution in [0.15, 0.2) is 24.3 Å². The molecule has 0 aromatic heterocycles. The van der Waals surface area contributed by atoms with Crippen LogP contribution in [0, 0.1) is 11.8 Å². The molecule has 1 N–H and O–H groups in total. The molecule has 3 nitrogen and oxygen atoms in total. The summed E-state index contributed by atoms with van der Waals surface area (Å²) < 4.78 is 0. The van der Waals surface area contributed by atoms with Crippen LogP contribution >= 0.6 is 0 Å². The Morgan fingerprint density at radius 2 is 2.25 bits per heavy atom. The topological polar surface area (TPSA) is 32.3 Å². The van der Waals surface area contributed by atoms with Gasteiger partial charge in [0, 0.05) is 18.7 Å². The zero-order valence-corrected chi connectivity index (χ0v) is 12.3. The van der Waals surface area contributed by atoms with Gasteiger partial charge in [0.25, 0.3) is 0 Å². The molecule has 108 valence electrons. The molecule has 3 rings (SSSR count). The maximum absolute atomic E-state index is 12.6. The fraction of sp³-hybridized carbons (Fsp3) is 0.588. The van der Waals surface area contributed by atoms with Crippen molar-refractivity contribution in [1.29, 1.82) is 0 Å². The molecule has 0 spiro atoms. The number of carbonyl (C=O) groups excluding carboxylic acids is 1. The Bertz CT molecular complexity index is 480. The van der Waals surface area contributed by atoms with Crippen LogP contribution in [-0.2, 0) is 11.2 Å². The molecule has 0 bridgehead atoms. The van der Waals surface area contributed by atoms with Crippen molar-refractivity contribution < 1.29 is 4.79 Å². The van der Waals surface area contributed by atoms with E-state index in [1.165, 1.54) is 12.0 Å². The van der Waals surface area contributed by atoms with E-state index in [0.717, 1.165) is 38.2 Å². The highest BCUT2D eigenvalue weighted by atomic mass is 16.2. The average Bonchev–Trinajstić information content (AvgIpc) is 2.97. The molecule has 20 heavy (non-hydrogen) atoms. The zero-order valence-electron chi connectivity index (χ0n) is 12.3. The normalized spacial score (nSPS) is 25.6. The molecule has 2 aliphatic heterocycles. The van der Waals surface area contributed by atoms with Crippen LogP contribution < -0.4 is 10.2 Å². The van der Waals surface area contributed by atoms with Crippen molar-refractivity contribution in [2.75, 3.05) is 24.5 Å². The van der Waals surface area contributed by atoms with Crippen molar-refractivity contribution in [3.8, 4) is 0 Å². The summed E-state index contributed by atoms with van der Waals surface area (Å²) in [5.41, 5.74) is 2.46. The molecule has 0 radical (unpaired) electrons. The Hall–Kier alpha value is -1.35. The standard InChI is InChI=1S/C17H24N2O/c1-13-10-15-4-2-3-5-16(15)19(12-13)17(20)7-6-14-8-9-18-11-14/h2-5,13-14,18H,6-12H2,1H3. The lowest BCUT2D eigenvalue weighted by Crippen LogP contribution is -2.39. The van der Waals surface area contributed by atoms with Crippen LogP contribution in [-0.4, -0.2) is 25.5 Å². The Kier molecular flexibility index (Phi) is 4.06. The lowest BCUT2D eigenvalue weighted by atomic mass is 9.93. The van der Waals surface area contributed by atoms with Crippen molar-refractivity contribution in [2.45, 2.75) is 32.6 Å². The molecular weight excluding hydrogens is 248 g/mol. The van der Waals surface area contributed by atoms with Gasteiger partial charge in [0.15, 0.2) is 0 Å². The molecule has 2 atom stereocenters. The van der Waals surface area contributed by atoms with Gasteiger partial charge >= 0.3 is 0 Å². The van der Waals surface area contributed by atoms with Gasteiger partial charge in [0.05, 0.1) is 0 Å². The number of rotatable bonds is 3. The summed E-state index contributed by atoms with van der Waals surface area (Å²) in [7, 11) is 0. The molecule has 3 heteroatoms. The van der Waals surface area contributed by atoms with Crippen LogP contribution in [0.2, 0.25) is 0 Å². The molecule has 1 fully saturated rings. The molecular formula is C17H24N2O. The fourth-order valence-electron chi connectivity index (χ4n) is 3.46. The van der Waals surface area contributed by atoms with Crippen molar-refractivity contribution >= 4 is 11.6 Å². The number of amides is 1. The first-order valence-corrected chi connectivity index (χ1v) is 7.83. The molecule has 1 saturated heterocycles. The summed E-state index contributed by atoms with van der Waals surface area (Å²) >= 11 is 0. The predicted octanol–water partition coefficient (Wildman–Crippen LogP) is 2.60. The van der Waals surface area contributed by atoms with E-state index in [4.69, 9.17) is 0 Å². The highest BCUT2D eigenvalue weighted by Crippen LogP contribution is 2.30. The molecule has 1 amide bonds. The molecule has 1 aromatic carbocycles. The summed E-state index contributed by atoms with van der Waals surface area (Å²) in [6, 6.07) is 8.36. The molecule has 2 unspecified atom stereocenters. The monoisotopic (exact) mass is 272 g/mol. The number of hydrogen-bond donors (Lipinski definition) is 1. The van der Waals surface area contributed by atoms with Gasteiger partial charge in [-0.1, -0.05) is 25.1 Å². The van der Waals surface area contributed by atoms with Crippen molar-refractivity contribution in [3.63, 3.8) is 0 Å². The van der Waals surface area contributed by atoms with Crippen LogP contribution in [0.5, 0.6) is 0 Å². The molecule has 0 aliphatic carbocycles. The number of carbonyl (C=O) groups is 1. The van der Waals surface area contributed by atoms with E-state index in [2.05, 4.69) is 30.4 Å². The first-order valence-electron chi connectivity index (χ1n) is 7.83. The van der Waals surface area contributed by atoms with E-state index in [0.29, 0.717) is 24.2 Å². The van der Waals surface area contributed by atoms with Gasteiger partial charge in [-0.3, -0.25) is 4.79 Å². The van der Waals surface area contributed by atoms with Crippen LogP contribution in [0.4, 0.5) is 5.69 Å². The minimum absolute atomic E-state index is 0.302. The van der Waals surface area contributed by atoms with Gasteiger partial charge in [-0.2, -0.15) is 0 Å². The van der Waals surface area contributed by atoms with Crippen LogP contribution in [0.1, 0.15) is 31.7 Å². The Morgan fingerprint density at radius 1 is 1.40 bits per heavy atom. The third-order valence-electron chi connectivity index (χ3n) is 4.57. The summed E-state index contributed by atoms with van der Waals surface area (Å²) in [4.78, 5) is 14.6. The number of fused-ring (bicyclic) bond motifs is 1. The number of nitrogens with one attached hydrogen (secondary N) is 1. The number of benzene rings is 1. The van der Waals surface area contributed by atoms with Gasteiger partial charge in [0.1, 0.15) is 0 Å². The van der Waals surface area contributed by atoms with Crippen molar-refractivity contribution in [3.05, 3.63) is 29.8 Å². The molecule has 0 saturated carbocycles. The second-order valence-electron chi connectivity index (χ2n) is 6.34. The lowest BCUT2D eigenvalue weighted by Gasteiger charge is -2.33. The molecule has 1 aromatic rings. The molecule has 2 heterocycles. The number of hydrogen-bond acceptors (Lipinski definition) is 2. The van der Waals surface area contributed by atoms with Gasteiger partial charge in [-0.25, -0.2) is 0 Å². The van der Waals surface area contributed by atoms with Gasteiger partial charge < -0.3 is 10.2 Å². The minimum atomic E-state index is 0.302. The van der Waals surface area contributed by atoms with E-state index in [1.54, 1.807) is 0 Å². The maximum atomic E-state index is 12.6. The number of anilines is 1. The van der Waals surface area contributed by atoms with Gasteiger partial charge in [-0.15, -0.1) is 0 Å². The average molecular weight is 272 g/mol. The summed E-state index contributed by atoms with van der Waals surface area (Å²) in [5, 5.41) is 3.37.